The number of nitrogens with zero attached hydrogens (tertiary/aromatic N) is 2. The smallest absolute Gasteiger partial charge is 0.258 e. The third kappa shape index (κ3) is 3.84. The molecule has 1 aromatic heterocycles. The van der Waals surface area contributed by atoms with E-state index in [1.54, 1.807) is 36.4 Å². The number of carbonyl (C=O) groups is 1. The van der Waals surface area contributed by atoms with Gasteiger partial charge in [-0.25, -0.2) is 0 Å². The van der Waals surface area contributed by atoms with E-state index in [1.165, 1.54) is 0 Å². The minimum absolute atomic E-state index is 0.0581. The van der Waals surface area contributed by atoms with Gasteiger partial charge in [0, 0.05) is 10.9 Å². The van der Waals surface area contributed by atoms with Crippen molar-refractivity contribution < 1.29 is 14.3 Å². The van der Waals surface area contributed by atoms with Gasteiger partial charge < -0.3 is 20.1 Å². The second-order valence-corrected chi connectivity index (χ2v) is 8.25. The van der Waals surface area contributed by atoms with Crippen LogP contribution in [-0.2, 0) is 4.79 Å². The molecule has 0 saturated heterocycles. The minimum Gasteiger partial charge on any atom is -0.486 e. The molecule has 0 radical (unpaired) electrons. The van der Waals surface area contributed by atoms with Crippen molar-refractivity contribution in [3.8, 4) is 17.6 Å². The molecular weight excluding hydrogens is 469 g/mol. The van der Waals surface area contributed by atoms with Crippen LogP contribution >= 0.6 is 23.2 Å². The van der Waals surface area contributed by atoms with Crippen molar-refractivity contribution in [1.29, 1.82) is 5.26 Å². The molecule has 2 atom stereocenters. The molecule has 0 fully saturated rings. The number of amides is 1. The Kier molecular flexibility index (Phi) is 5.32. The van der Waals surface area contributed by atoms with E-state index < -0.39 is 23.3 Å². The molecule has 1 amide bonds. The molecule has 0 spiro atoms. The van der Waals surface area contributed by atoms with Gasteiger partial charge >= 0.3 is 0 Å². The normalized spacial score (nSPS) is 18.6. The van der Waals surface area contributed by atoms with Crippen LogP contribution in [0.3, 0.4) is 0 Å². The van der Waals surface area contributed by atoms with Crippen LogP contribution in [0.4, 0.5) is 17.5 Å². The number of carbonyl (C=O) groups excluding carboxylic acids is 1. The summed E-state index contributed by atoms with van der Waals surface area (Å²) < 4.78 is 11.2. The lowest BCUT2D eigenvalue weighted by Crippen LogP contribution is -2.38. The first-order chi connectivity index (χ1) is 15.9. The molecule has 3 aromatic rings. The maximum Gasteiger partial charge on any atom is 0.258 e. The Morgan fingerprint density at radius 1 is 1.09 bits per heavy atom. The zero-order valence-electron chi connectivity index (χ0n) is 16.8. The Bertz CT molecular complexity index is 1380. The summed E-state index contributed by atoms with van der Waals surface area (Å²) in [7, 11) is 0. The number of nitriles is 1. The van der Waals surface area contributed by atoms with Crippen LogP contribution in [0.25, 0.3) is 0 Å². The number of hydrogen-bond acceptors (Lipinski definition) is 7. The van der Waals surface area contributed by atoms with Gasteiger partial charge in [0.2, 0.25) is 11.9 Å². The highest BCUT2D eigenvalue weighted by molar-refractivity contribution is 6.36. The maximum atomic E-state index is 13.1. The molecule has 33 heavy (non-hydrogen) atoms. The van der Waals surface area contributed by atoms with E-state index in [2.05, 4.69) is 20.6 Å². The van der Waals surface area contributed by atoms with Gasteiger partial charge in [0.15, 0.2) is 11.5 Å². The van der Waals surface area contributed by atoms with Crippen molar-refractivity contribution in [3.63, 3.8) is 0 Å². The van der Waals surface area contributed by atoms with Crippen molar-refractivity contribution >= 4 is 46.6 Å². The van der Waals surface area contributed by atoms with E-state index in [1.807, 2.05) is 6.07 Å². The molecule has 0 aliphatic carbocycles. The quantitative estimate of drug-likeness (QED) is 0.516. The van der Waals surface area contributed by atoms with Gasteiger partial charge in [0.05, 0.1) is 22.3 Å². The van der Waals surface area contributed by atoms with Crippen molar-refractivity contribution in [2.45, 2.75) is 5.92 Å². The Morgan fingerprint density at radius 2 is 1.88 bits per heavy atom. The molecule has 2 aliphatic heterocycles. The third-order valence-electron chi connectivity index (χ3n) is 5.37. The predicted octanol–water partition coefficient (Wildman–Crippen LogP) is 3.82. The summed E-state index contributed by atoms with van der Waals surface area (Å²) in [5.74, 6) is -1.36. The first-order valence-electron chi connectivity index (χ1n) is 9.91. The molecule has 166 valence electrons. The topological polar surface area (TPSA) is 129 Å². The number of rotatable bonds is 3. The monoisotopic (exact) mass is 483 g/mol. The number of aromatic nitrogens is 2. The van der Waals surface area contributed by atoms with Gasteiger partial charge in [0.25, 0.3) is 5.56 Å². The van der Waals surface area contributed by atoms with Crippen LogP contribution in [0.1, 0.15) is 17.0 Å². The molecule has 2 unspecified atom stereocenters. The van der Waals surface area contributed by atoms with E-state index in [0.29, 0.717) is 46.0 Å². The van der Waals surface area contributed by atoms with Crippen molar-refractivity contribution in [2.24, 2.45) is 5.92 Å². The summed E-state index contributed by atoms with van der Waals surface area (Å²) >= 11 is 12.1. The first kappa shape index (κ1) is 21.1. The summed E-state index contributed by atoms with van der Waals surface area (Å²) in [5, 5.41) is 16.0. The third-order valence-corrected chi connectivity index (χ3v) is 5.92. The molecular formula is C22H15Cl2N5O4. The fourth-order valence-corrected chi connectivity index (χ4v) is 4.36. The SMILES string of the molecule is N#CC1C(=O)Nc2nc(Nc3ccc(Cl)cc3Cl)[nH]c(=O)c2C1c1ccc2c(c1)OCCO2. The lowest BCUT2D eigenvalue weighted by atomic mass is 9.79. The highest BCUT2D eigenvalue weighted by Gasteiger charge is 2.40. The minimum atomic E-state index is -1.13. The van der Waals surface area contributed by atoms with Gasteiger partial charge in [0.1, 0.15) is 24.9 Å². The van der Waals surface area contributed by atoms with Crippen molar-refractivity contribution in [1.82, 2.24) is 9.97 Å². The van der Waals surface area contributed by atoms with Crippen LogP contribution in [-0.4, -0.2) is 29.1 Å². The fourth-order valence-electron chi connectivity index (χ4n) is 3.90. The molecule has 2 aliphatic rings. The van der Waals surface area contributed by atoms with Crippen molar-refractivity contribution in [3.05, 3.63) is 67.9 Å². The van der Waals surface area contributed by atoms with E-state index in [-0.39, 0.29) is 17.3 Å². The predicted molar refractivity (Wildman–Crippen MR) is 122 cm³/mol. The number of benzene rings is 2. The summed E-state index contributed by atoms with van der Waals surface area (Å²) in [6, 6.07) is 11.9. The van der Waals surface area contributed by atoms with Crippen LogP contribution in [0, 0.1) is 17.2 Å². The number of H-pyrrole nitrogens is 1. The van der Waals surface area contributed by atoms with Gasteiger partial charge in [-0.15, -0.1) is 0 Å². The zero-order chi connectivity index (χ0) is 23.1. The molecule has 0 saturated carbocycles. The average molecular weight is 484 g/mol. The molecule has 11 heteroatoms. The summed E-state index contributed by atoms with van der Waals surface area (Å²) in [6.45, 7) is 0.809. The Morgan fingerprint density at radius 3 is 2.64 bits per heavy atom. The Balaban J connectivity index is 1.59. The summed E-state index contributed by atoms with van der Waals surface area (Å²) in [5.41, 5.74) is 0.693. The first-order valence-corrected chi connectivity index (χ1v) is 10.7. The zero-order valence-corrected chi connectivity index (χ0v) is 18.3. The van der Waals surface area contributed by atoms with Crippen LogP contribution in [0.2, 0.25) is 10.0 Å². The molecule has 3 heterocycles. The number of ether oxygens (including phenoxy) is 2. The fraction of sp³-hybridized carbons (Fsp3) is 0.182. The lowest BCUT2D eigenvalue weighted by molar-refractivity contribution is -0.119. The molecule has 2 aromatic carbocycles. The highest BCUT2D eigenvalue weighted by Crippen LogP contribution is 2.41. The number of halogens is 2. The van der Waals surface area contributed by atoms with Gasteiger partial charge in [-0.05, 0) is 35.9 Å². The van der Waals surface area contributed by atoms with Crippen LogP contribution in [0.15, 0.2) is 41.2 Å². The second kappa shape index (κ2) is 8.31. The molecule has 3 N–H and O–H groups in total. The molecule has 5 rings (SSSR count). The second-order valence-electron chi connectivity index (χ2n) is 7.40. The highest BCUT2D eigenvalue weighted by atomic mass is 35.5. The molecule has 9 nitrogen and oxygen atoms in total. The maximum absolute atomic E-state index is 13.1. The van der Waals surface area contributed by atoms with E-state index in [4.69, 9.17) is 32.7 Å². The average Bonchev–Trinajstić information content (AvgIpc) is 2.79. The number of anilines is 3. The van der Waals surface area contributed by atoms with Crippen LogP contribution in [0.5, 0.6) is 11.5 Å². The van der Waals surface area contributed by atoms with Gasteiger partial charge in [-0.3, -0.25) is 14.6 Å². The lowest BCUT2D eigenvalue weighted by Gasteiger charge is -2.29. The van der Waals surface area contributed by atoms with E-state index in [9.17, 15) is 14.9 Å². The number of hydrogen-bond donors (Lipinski definition) is 3. The Labute approximate surface area is 197 Å². The number of nitrogens with one attached hydrogen (secondary N) is 3. The van der Waals surface area contributed by atoms with Gasteiger partial charge in [-0.1, -0.05) is 29.3 Å². The summed E-state index contributed by atoms with van der Waals surface area (Å²) in [6.07, 6.45) is 0. The van der Waals surface area contributed by atoms with E-state index in [0.717, 1.165) is 0 Å². The number of fused-ring (bicyclic) bond motifs is 2. The molecule has 0 bridgehead atoms. The number of aromatic amines is 1. The standard InChI is InChI=1S/C22H15Cl2N5O4/c23-11-2-3-14(13(24)8-11)26-22-28-19-18(21(31)29-22)17(12(9-25)20(30)27-19)10-1-4-15-16(7-10)33-6-5-32-15/h1-4,7-8,12,17H,5-6H2,(H3,26,27,28,29,30,31). The van der Waals surface area contributed by atoms with Gasteiger partial charge in [-0.2, -0.15) is 10.2 Å². The summed E-state index contributed by atoms with van der Waals surface area (Å²) in [4.78, 5) is 32.9. The van der Waals surface area contributed by atoms with Crippen LogP contribution < -0.4 is 25.7 Å². The van der Waals surface area contributed by atoms with E-state index >= 15 is 0 Å². The van der Waals surface area contributed by atoms with Crippen molar-refractivity contribution in [2.75, 3.05) is 23.8 Å². The largest absolute Gasteiger partial charge is 0.486 e. The Hall–Kier alpha value is -3.74.